The zero-order valence-corrected chi connectivity index (χ0v) is 18.8. The van der Waals surface area contributed by atoms with Crippen LogP contribution in [0.2, 0.25) is 0 Å². The van der Waals surface area contributed by atoms with E-state index in [0.717, 1.165) is 16.7 Å². The molecule has 1 aromatic heterocycles. The first kappa shape index (κ1) is 22.5. The van der Waals surface area contributed by atoms with Gasteiger partial charge in [0.25, 0.3) is 11.8 Å². The summed E-state index contributed by atoms with van der Waals surface area (Å²) >= 11 is 1.38. The molecule has 1 heterocycles. The van der Waals surface area contributed by atoms with Gasteiger partial charge in [-0.25, -0.2) is 0 Å². The second-order valence-electron chi connectivity index (χ2n) is 7.49. The molecule has 2 N–H and O–H groups in total. The van der Waals surface area contributed by atoms with Crippen LogP contribution in [-0.4, -0.2) is 11.8 Å². The van der Waals surface area contributed by atoms with Crippen molar-refractivity contribution in [3.8, 4) is 0 Å². The lowest BCUT2D eigenvalue weighted by Gasteiger charge is -2.09. The largest absolute Gasteiger partial charge is 0.372 e. The average molecular weight is 457 g/mol. The summed E-state index contributed by atoms with van der Waals surface area (Å²) in [5.41, 5.74) is 4.38. The molecule has 166 valence electrons. The first-order valence-corrected chi connectivity index (χ1v) is 11.5. The quantitative estimate of drug-likeness (QED) is 0.342. The Bertz CT molecular complexity index is 1190. The molecule has 0 unspecified atom stereocenters. The van der Waals surface area contributed by atoms with Gasteiger partial charge in [0, 0.05) is 17.8 Å². The molecular weight excluding hydrogens is 432 g/mol. The molecule has 0 radical (unpaired) electrons. The number of carbonyl (C=O) groups excluding carboxylic acids is 2. The number of rotatable bonds is 9. The van der Waals surface area contributed by atoms with Gasteiger partial charge >= 0.3 is 0 Å². The van der Waals surface area contributed by atoms with E-state index in [9.17, 15) is 9.59 Å². The molecule has 0 saturated heterocycles. The SMILES string of the molecule is O=C(NCc1cccc(COCc2ccccc2)c1)c1ccc(NC(=O)c2cccs2)cc1. The number of carbonyl (C=O) groups is 2. The van der Waals surface area contributed by atoms with E-state index in [1.165, 1.54) is 11.3 Å². The van der Waals surface area contributed by atoms with Gasteiger partial charge in [0.1, 0.15) is 0 Å². The van der Waals surface area contributed by atoms with E-state index < -0.39 is 0 Å². The van der Waals surface area contributed by atoms with Crippen LogP contribution >= 0.6 is 11.3 Å². The van der Waals surface area contributed by atoms with Crippen molar-refractivity contribution in [3.05, 3.63) is 124 Å². The van der Waals surface area contributed by atoms with Gasteiger partial charge in [-0.05, 0) is 52.4 Å². The maximum Gasteiger partial charge on any atom is 0.265 e. The Balaban J connectivity index is 1.26. The van der Waals surface area contributed by atoms with Crippen molar-refractivity contribution >= 4 is 28.8 Å². The highest BCUT2D eigenvalue weighted by molar-refractivity contribution is 7.12. The molecule has 3 aromatic carbocycles. The number of amides is 2. The lowest BCUT2D eigenvalue weighted by molar-refractivity contribution is 0.0950. The molecule has 6 heteroatoms. The molecule has 0 spiro atoms. The van der Waals surface area contributed by atoms with E-state index in [1.807, 2.05) is 66.0 Å². The third kappa shape index (κ3) is 6.62. The van der Waals surface area contributed by atoms with Gasteiger partial charge in [-0.1, -0.05) is 60.7 Å². The lowest BCUT2D eigenvalue weighted by Crippen LogP contribution is -2.22. The van der Waals surface area contributed by atoms with Crippen LogP contribution in [0.1, 0.15) is 36.7 Å². The summed E-state index contributed by atoms with van der Waals surface area (Å²) in [6.07, 6.45) is 0. The number of nitrogens with one attached hydrogen (secondary N) is 2. The minimum atomic E-state index is -0.170. The molecular formula is C27H24N2O3S. The maximum atomic E-state index is 12.5. The molecule has 0 aliphatic rings. The normalized spacial score (nSPS) is 10.5. The first-order chi connectivity index (χ1) is 16.2. The highest BCUT2D eigenvalue weighted by Gasteiger charge is 2.09. The fraction of sp³-hybridized carbons (Fsp3) is 0.111. The van der Waals surface area contributed by atoms with Gasteiger partial charge in [0.2, 0.25) is 0 Å². The Morgan fingerprint density at radius 2 is 1.45 bits per heavy atom. The number of anilines is 1. The minimum absolute atomic E-state index is 0.158. The Morgan fingerprint density at radius 1 is 0.727 bits per heavy atom. The summed E-state index contributed by atoms with van der Waals surface area (Å²) in [7, 11) is 0. The van der Waals surface area contributed by atoms with Crippen LogP contribution in [0.3, 0.4) is 0 Å². The summed E-state index contributed by atoms with van der Waals surface area (Å²) in [5.74, 6) is -0.327. The van der Waals surface area contributed by atoms with Gasteiger partial charge < -0.3 is 15.4 Å². The molecule has 0 saturated carbocycles. The molecule has 5 nitrogen and oxygen atoms in total. The third-order valence-electron chi connectivity index (χ3n) is 4.97. The summed E-state index contributed by atoms with van der Waals surface area (Å²) in [6.45, 7) is 1.49. The van der Waals surface area contributed by atoms with Crippen LogP contribution < -0.4 is 10.6 Å². The van der Waals surface area contributed by atoms with Gasteiger partial charge in [-0.3, -0.25) is 9.59 Å². The van der Waals surface area contributed by atoms with Crippen molar-refractivity contribution in [1.29, 1.82) is 0 Å². The number of ether oxygens (including phenoxy) is 1. The highest BCUT2D eigenvalue weighted by Crippen LogP contribution is 2.15. The zero-order valence-electron chi connectivity index (χ0n) is 18.0. The molecule has 4 rings (SSSR count). The predicted octanol–water partition coefficient (Wildman–Crippen LogP) is 5.65. The summed E-state index contributed by atoms with van der Waals surface area (Å²) in [4.78, 5) is 25.3. The van der Waals surface area contributed by atoms with Gasteiger partial charge in [-0.2, -0.15) is 0 Å². The molecule has 0 aliphatic carbocycles. The number of hydrogen-bond donors (Lipinski definition) is 2. The van der Waals surface area contributed by atoms with Gasteiger partial charge in [0.05, 0.1) is 18.1 Å². The van der Waals surface area contributed by atoms with Crippen LogP contribution in [-0.2, 0) is 24.5 Å². The molecule has 33 heavy (non-hydrogen) atoms. The molecule has 0 atom stereocenters. The molecule has 4 aromatic rings. The molecule has 0 bridgehead atoms. The van der Waals surface area contributed by atoms with E-state index >= 15 is 0 Å². The van der Waals surface area contributed by atoms with Crippen molar-refractivity contribution in [2.75, 3.05) is 5.32 Å². The van der Waals surface area contributed by atoms with E-state index in [2.05, 4.69) is 10.6 Å². The highest BCUT2D eigenvalue weighted by atomic mass is 32.1. The average Bonchev–Trinajstić information content (AvgIpc) is 3.39. The van der Waals surface area contributed by atoms with Gasteiger partial charge in [0.15, 0.2) is 0 Å². The summed E-state index contributed by atoms with van der Waals surface area (Å²) in [6, 6.07) is 28.5. The molecule has 0 fully saturated rings. The van der Waals surface area contributed by atoms with E-state index in [0.29, 0.717) is 35.9 Å². The van der Waals surface area contributed by atoms with Gasteiger partial charge in [-0.15, -0.1) is 11.3 Å². The zero-order chi connectivity index (χ0) is 22.9. The monoisotopic (exact) mass is 456 g/mol. The smallest absolute Gasteiger partial charge is 0.265 e. The number of hydrogen-bond acceptors (Lipinski definition) is 4. The van der Waals surface area contributed by atoms with Crippen molar-refractivity contribution in [2.24, 2.45) is 0 Å². The second-order valence-corrected chi connectivity index (χ2v) is 8.44. The second kappa shape index (κ2) is 11.2. The Hall–Kier alpha value is -3.74. The van der Waals surface area contributed by atoms with Crippen LogP contribution in [0, 0.1) is 0 Å². The Kier molecular flexibility index (Phi) is 7.64. The number of benzene rings is 3. The third-order valence-corrected chi connectivity index (χ3v) is 5.84. The lowest BCUT2D eigenvalue weighted by atomic mass is 10.1. The van der Waals surface area contributed by atoms with Crippen molar-refractivity contribution in [2.45, 2.75) is 19.8 Å². The summed E-state index contributed by atoms with van der Waals surface area (Å²) in [5, 5.41) is 7.63. The van der Waals surface area contributed by atoms with Crippen molar-refractivity contribution < 1.29 is 14.3 Å². The first-order valence-electron chi connectivity index (χ1n) is 10.6. The Labute approximate surface area is 197 Å². The van der Waals surface area contributed by atoms with Crippen molar-refractivity contribution in [3.63, 3.8) is 0 Å². The van der Waals surface area contributed by atoms with Crippen LogP contribution in [0.15, 0.2) is 96.4 Å². The predicted molar refractivity (Wildman–Crippen MR) is 131 cm³/mol. The molecule has 0 aliphatic heterocycles. The van der Waals surface area contributed by atoms with E-state index in [1.54, 1.807) is 30.3 Å². The number of thiophene rings is 1. The Morgan fingerprint density at radius 3 is 2.21 bits per heavy atom. The van der Waals surface area contributed by atoms with Crippen molar-refractivity contribution in [1.82, 2.24) is 5.32 Å². The topological polar surface area (TPSA) is 67.4 Å². The maximum absolute atomic E-state index is 12.5. The fourth-order valence-corrected chi connectivity index (χ4v) is 3.90. The minimum Gasteiger partial charge on any atom is -0.372 e. The van der Waals surface area contributed by atoms with Crippen LogP contribution in [0.5, 0.6) is 0 Å². The van der Waals surface area contributed by atoms with E-state index in [4.69, 9.17) is 4.74 Å². The summed E-state index contributed by atoms with van der Waals surface area (Å²) < 4.78 is 5.80. The fourth-order valence-electron chi connectivity index (χ4n) is 3.28. The molecule has 2 amide bonds. The standard InChI is InChI=1S/C27H24N2O3S/c30-26(23-11-13-24(14-12-23)29-27(31)25-10-5-15-33-25)28-17-21-8-4-9-22(16-21)19-32-18-20-6-2-1-3-7-20/h1-16H,17-19H2,(H,28,30)(H,29,31). The van der Waals surface area contributed by atoms with Crippen LogP contribution in [0.25, 0.3) is 0 Å². The van der Waals surface area contributed by atoms with Crippen LogP contribution in [0.4, 0.5) is 5.69 Å². The van der Waals surface area contributed by atoms with E-state index in [-0.39, 0.29) is 11.8 Å².